The fraction of sp³-hybridized carbons (Fsp3) is 0.625. The van der Waals surface area contributed by atoms with Crippen LogP contribution in [0.1, 0.15) is 27.2 Å². The molecule has 0 aliphatic rings. The Morgan fingerprint density at radius 3 is 2.40 bits per heavy atom. The van der Waals surface area contributed by atoms with Gasteiger partial charge in [0.15, 0.2) is 0 Å². The van der Waals surface area contributed by atoms with Gasteiger partial charge in [-0.1, -0.05) is 19.9 Å². The van der Waals surface area contributed by atoms with Gasteiger partial charge in [-0.05, 0) is 19.3 Å². The molecule has 0 aliphatic heterocycles. The van der Waals surface area contributed by atoms with Crippen molar-refractivity contribution in [2.75, 3.05) is 0 Å². The number of nitrogens with one attached hydrogen (secondary N) is 1. The van der Waals surface area contributed by atoms with Crippen molar-refractivity contribution in [1.29, 1.82) is 5.41 Å². The van der Waals surface area contributed by atoms with Crippen molar-refractivity contribution >= 4 is 5.71 Å². The van der Waals surface area contributed by atoms with Gasteiger partial charge < -0.3 is 11.1 Å². The zero-order valence-corrected chi connectivity index (χ0v) is 6.94. The summed E-state index contributed by atoms with van der Waals surface area (Å²) in [6.45, 7) is 6.01. The Morgan fingerprint density at radius 1 is 1.60 bits per heavy atom. The Labute approximate surface area is 62.6 Å². The summed E-state index contributed by atoms with van der Waals surface area (Å²) >= 11 is 0. The molecule has 0 rings (SSSR count). The van der Waals surface area contributed by atoms with Crippen molar-refractivity contribution in [1.82, 2.24) is 0 Å². The van der Waals surface area contributed by atoms with Crippen molar-refractivity contribution < 1.29 is 0 Å². The molecule has 0 atom stereocenters. The van der Waals surface area contributed by atoms with Crippen molar-refractivity contribution in [3.8, 4) is 0 Å². The van der Waals surface area contributed by atoms with Crippen LogP contribution in [0, 0.1) is 11.3 Å². The molecule has 0 aliphatic carbocycles. The zero-order chi connectivity index (χ0) is 8.15. The molecule has 0 aromatic rings. The highest BCUT2D eigenvalue weighted by molar-refractivity contribution is 5.96. The summed E-state index contributed by atoms with van der Waals surface area (Å²) in [4.78, 5) is 0. The first kappa shape index (κ1) is 9.21. The molecule has 0 radical (unpaired) electrons. The zero-order valence-electron chi connectivity index (χ0n) is 6.94. The average Bonchev–Trinajstić information content (AvgIpc) is 1.85. The summed E-state index contributed by atoms with van der Waals surface area (Å²) in [5.41, 5.74) is 6.66. The third-order valence-corrected chi connectivity index (χ3v) is 1.27. The van der Waals surface area contributed by atoms with Crippen LogP contribution >= 0.6 is 0 Å². The van der Waals surface area contributed by atoms with Crippen LogP contribution in [-0.4, -0.2) is 5.71 Å². The van der Waals surface area contributed by atoms with Crippen LogP contribution in [-0.2, 0) is 0 Å². The quantitative estimate of drug-likeness (QED) is 0.578. The SMILES string of the molecule is C/C=C(\N)C(=N)CC(C)C. The maximum Gasteiger partial charge on any atom is 0.0542 e. The van der Waals surface area contributed by atoms with Crippen LogP contribution in [0.4, 0.5) is 0 Å². The van der Waals surface area contributed by atoms with Crippen LogP contribution in [0.2, 0.25) is 0 Å². The molecule has 0 fully saturated rings. The standard InChI is InChI=1S/C8H16N2/c1-4-7(9)8(10)5-6(2)3/h4,6,10H,5,9H2,1-3H3/b7-4-,10-8?. The number of rotatable bonds is 3. The van der Waals surface area contributed by atoms with E-state index >= 15 is 0 Å². The van der Waals surface area contributed by atoms with Crippen LogP contribution in [0.3, 0.4) is 0 Å². The molecule has 0 heterocycles. The van der Waals surface area contributed by atoms with Gasteiger partial charge in [0.25, 0.3) is 0 Å². The van der Waals surface area contributed by atoms with Crippen LogP contribution in [0.25, 0.3) is 0 Å². The van der Waals surface area contributed by atoms with E-state index < -0.39 is 0 Å². The molecule has 0 unspecified atom stereocenters. The molecule has 0 spiro atoms. The minimum absolute atomic E-state index is 0.519. The molecule has 10 heavy (non-hydrogen) atoms. The second-order valence-electron chi connectivity index (χ2n) is 2.82. The molecule has 0 amide bonds. The summed E-state index contributed by atoms with van der Waals surface area (Å²) < 4.78 is 0. The lowest BCUT2D eigenvalue weighted by Crippen LogP contribution is -2.12. The van der Waals surface area contributed by atoms with E-state index in [1.807, 2.05) is 6.92 Å². The lowest BCUT2D eigenvalue weighted by atomic mass is 10.0. The van der Waals surface area contributed by atoms with Gasteiger partial charge in [0.05, 0.1) is 5.71 Å². The fourth-order valence-electron chi connectivity index (χ4n) is 0.700. The molecule has 3 N–H and O–H groups in total. The smallest absolute Gasteiger partial charge is 0.0542 e. The third-order valence-electron chi connectivity index (χ3n) is 1.27. The Bertz CT molecular complexity index is 145. The molecule has 2 heteroatoms. The van der Waals surface area contributed by atoms with Crippen LogP contribution in [0.5, 0.6) is 0 Å². The lowest BCUT2D eigenvalue weighted by molar-refractivity contribution is 0.681. The molecule has 0 aromatic carbocycles. The maximum atomic E-state index is 7.43. The molecule has 58 valence electrons. The van der Waals surface area contributed by atoms with Gasteiger partial charge in [-0.3, -0.25) is 0 Å². The summed E-state index contributed by atoms with van der Waals surface area (Å²) in [5, 5.41) is 7.43. The molecule has 2 nitrogen and oxygen atoms in total. The molecule has 0 aromatic heterocycles. The summed E-state index contributed by atoms with van der Waals surface area (Å²) in [5.74, 6) is 0.519. The first-order chi connectivity index (χ1) is 4.57. The predicted octanol–water partition coefficient (Wildman–Crippen LogP) is 1.91. The summed E-state index contributed by atoms with van der Waals surface area (Å²) in [7, 11) is 0. The number of hydrogen-bond acceptors (Lipinski definition) is 2. The summed E-state index contributed by atoms with van der Waals surface area (Å²) in [6, 6.07) is 0. The first-order valence-corrected chi connectivity index (χ1v) is 3.57. The largest absolute Gasteiger partial charge is 0.398 e. The highest BCUT2D eigenvalue weighted by atomic mass is 14.6. The van der Waals surface area contributed by atoms with E-state index in [0.717, 1.165) is 6.42 Å². The summed E-state index contributed by atoms with van der Waals surface area (Å²) in [6.07, 6.45) is 2.54. The van der Waals surface area contributed by atoms with Crippen molar-refractivity contribution in [2.24, 2.45) is 11.7 Å². The maximum absolute atomic E-state index is 7.43. The second kappa shape index (κ2) is 4.09. The minimum atomic E-state index is 0.519. The Morgan fingerprint density at radius 2 is 2.10 bits per heavy atom. The van der Waals surface area contributed by atoms with Gasteiger partial charge in [-0.2, -0.15) is 0 Å². The van der Waals surface area contributed by atoms with Crippen molar-refractivity contribution in [2.45, 2.75) is 27.2 Å². The van der Waals surface area contributed by atoms with Crippen molar-refractivity contribution in [3.63, 3.8) is 0 Å². The number of hydrogen-bond donors (Lipinski definition) is 2. The Hall–Kier alpha value is -0.790. The van der Waals surface area contributed by atoms with Gasteiger partial charge in [0, 0.05) is 5.70 Å². The highest BCUT2D eigenvalue weighted by Crippen LogP contribution is 2.03. The van der Waals surface area contributed by atoms with E-state index in [1.165, 1.54) is 0 Å². The molecule has 0 bridgehead atoms. The minimum Gasteiger partial charge on any atom is -0.398 e. The lowest BCUT2D eigenvalue weighted by Gasteiger charge is -2.05. The fourth-order valence-corrected chi connectivity index (χ4v) is 0.700. The Balaban J connectivity index is 3.86. The third kappa shape index (κ3) is 3.28. The average molecular weight is 140 g/mol. The highest BCUT2D eigenvalue weighted by Gasteiger charge is 2.01. The van der Waals surface area contributed by atoms with E-state index in [0.29, 0.717) is 17.3 Å². The topological polar surface area (TPSA) is 49.9 Å². The second-order valence-corrected chi connectivity index (χ2v) is 2.82. The van der Waals surface area contributed by atoms with Gasteiger partial charge in [-0.25, -0.2) is 0 Å². The molecular weight excluding hydrogens is 124 g/mol. The molecule has 0 saturated carbocycles. The van der Waals surface area contributed by atoms with Crippen LogP contribution in [0.15, 0.2) is 11.8 Å². The van der Waals surface area contributed by atoms with Crippen LogP contribution < -0.4 is 5.73 Å². The van der Waals surface area contributed by atoms with E-state index in [2.05, 4.69) is 13.8 Å². The predicted molar refractivity (Wildman–Crippen MR) is 45.1 cm³/mol. The number of allylic oxidation sites excluding steroid dienone is 2. The van der Waals surface area contributed by atoms with Gasteiger partial charge in [0.1, 0.15) is 0 Å². The monoisotopic (exact) mass is 140 g/mol. The first-order valence-electron chi connectivity index (χ1n) is 3.57. The van der Waals surface area contributed by atoms with Crippen molar-refractivity contribution in [3.05, 3.63) is 11.8 Å². The normalized spacial score (nSPS) is 12.2. The van der Waals surface area contributed by atoms with Gasteiger partial charge >= 0.3 is 0 Å². The van der Waals surface area contributed by atoms with E-state index in [4.69, 9.17) is 11.1 Å². The molecular formula is C8H16N2. The van der Waals surface area contributed by atoms with E-state index in [9.17, 15) is 0 Å². The molecule has 0 saturated heterocycles. The van der Waals surface area contributed by atoms with E-state index in [-0.39, 0.29) is 0 Å². The van der Waals surface area contributed by atoms with E-state index in [1.54, 1.807) is 6.08 Å². The number of nitrogens with two attached hydrogens (primary N) is 1. The Kier molecular flexibility index (Phi) is 3.77. The van der Waals surface area contributed by atoms with Gasteiger partial charge in [-0.15, -0.1) is 0 Å². The van der Waals surface area contributed by atoms with Gasteiger partial charge in [0.2, 0.25) is 0 Å².